The molecule has 7 nitrogen and oxygen atoms in total. The molecule has 0 saturated carbocycles. The Hall–Kier alpha value is -1.99. The molecule has 1 aromatic carbocycles. The lowest BCUT2D eigenvalue weighted by Gasteiger charge is -2.18. The van der Waals surface area contributed by atoms with Gasteiger partial charge in [-0.3, -0.25) is 9.69 Å². The number of rotatable bonds is 6. The highest BCUT2D eigenvalue weighted by Crippen LogP contribution is 2.30. The van der Waals surface area contributed by atoms with Crippen LogP contribution in [-0.2, 0) is 0 Å². The van der Waals surface area contributed by atoms with Gasteiger partial charge in [0.15, 0.2) is 0 Å². The molecule has 1 saturated heterocycles. The highest BCUT2D eigenvalue weighted by Gasteiger charge is 2.25. The van der Waals surface area contributed by atoms with Gasteiger partial charge in [0.1, 0.15) is 5.75 Å². The van der Waals surface area contributed by atoms with Crippen LogP contribution >= 0.6 is 12.4 Å². The molecule has 1 unspecified atom stereocenters. The highest BCUT2D eigenvalue weighted by molar-refractivity contribution is 5.99. The van der Waals surface area contributed by atoms with Gasteiger partial charge in [0.2, 0.25) is 0 Å². The maximum atomic E-state index is 12.2. The molecule has 2 rings (SSSR count). The predicted octanol–water partition coefficient (Wildman–Crippen LogP) is 1.11. The number of benzene rings is 1. The van der Waals surface area contributed by atoms with Crippen LogP contribution in [0.15, 0.2) is 18.2 Å². The van der Waals surface area contributed by atoms with Gasteiger partial charge < -0.3 is 21.1 Å². The van der Waals surface area contributed by atoms with Gasteiger partial charge in [-0.25, -0.2) is 4.79 Å². The SMILES string of the molecule is COc1ccc(C(=O)NCCC(C)N)cc1N1CCNC1=O.Cl. The number of nitrogens with two attached hydrogens (primary N) is 1. The predicted molar refractivity (Wildman–Crippen MR) is 91.6 cm³/mol. The van der Waals surface area contributed by atoms with Gasteiger partial charge in [-0.2, -0.15) is 0 Å². The number of nitrogens with one attached hydrogen (secondary N) is 2. The molecule has 3 amide bonds. The van der Waals surface area contributed by atoms with Crippen molar-refractivity contribution in [2.24, 2.45) is 5.73 Å². The molecule has 0 aromatic heterocycles. The first-order valence-electron chi connectivity index (χ1n) is 7.30. The Labute approximate surface area is 141 Å². The van der Waals surface area contributed by atoms with Crippen molar-refractivity contribution in [3.05, 3.63) is 23.8 Å². The topological polar surface area (TPSA) is 96.7 Å². The molecule has 1 atom stereocenters. The van der Waals surface area contributed by atoms with Gasteiger partial charge in [0.25, 0.3) is 5.91 Å². The summed E-state index contributed by atoms with van der Waals surface area (Å²) in [6.45, 7) is 3.53. The van der Waals surface area contributed by atoms with Gasteiger partial charge in [0.05, 0.1) is 12.8 Å². The third kappa shape index (κ3) is 4.74. The lowest BCUT2D eigenvalue weighted by Crippen LogP contribution is -2.30. The zero-order chi connectivity index (χ0) is 16.1. The van der Waals surface area contributed by atoms with Crippen LogP contribution in [0.2, 0.25) is 0 Å². The standard InChI is InChI=1S/C15H22N4O3.ClH/c1-10(16)5-6-17-14(20)11-3-4-13(22-2)12(9-11)19-8-7-18-15(19)21;/h3-4,9-10H,5-8,16H2,1-2H3,(H,17,20)(H,18,21);1H. The minimum atomic E-state index is -0.191. The smallest absolute Gasteiger partial charge is 0.322 e. The van der Waals surface area contributed by atoms with Crippen molar-refractivity contribution in [3.63, 3.8) is 0 Å². The minimum absolute atomic E-state index is 0. The van der Waals surface area contributed by atoms with Crippen molar-refractivity contribution in [1.82, 2.24) is 10.6 Å². The van der Waals surface area contributed by atoms with Crippen LogP contribution < -0.4 is 26.0 Å². The molecule has 23 heavy (non-hydrogen) atoms. The van der Waals surface area contributed by atoms with E-state index in [0.717, 1.165) is 0 Å². The maximum Gasteiger partial charge on any atom is 0.322 e. The molecular weight excluding hydrogens is 320 g/mol. The van der Waals surface area contributed by atoms with Gasteiger partial charge in [-0.05, 0) is 31.5 Å². The van der Waals surface area contributed by atoms with Crippen molar-refractivity contribution >= 4 is 30.0 Å². The largest absolute Gasteiger partial charge is 0.495 e. The van der Waals surface area contributed by atoms with Crippen molar-refractivity contribution in [3.8, 4) is 5.75 Å². The zero-order valence-electron chi connectivity index (χ0n) is 13.3. The molecule has 1 fully saturated rings. The Balaban J connectivity index is 0.00000264. The van der Waals surface area contributed by atoms with E-state index in [1.54, 1.807) is 23.1 Å². The summed E-state index contributed by atoms with van der Waals surface area (Å²) in [6.07, 6.45) is 0.712. The number of nitrogens with zero attached hydrogens (tertiary/aromatic N) is 1. The summed E-state index contributed by atoms with van der Waals surface area (Å²) in [5.74, 6) is 0.369. The molecule has 1 aromatic rings. The number of methoxy groups -OCH3 is 1. The van der Waals surface area contributed by atoms with Crippen LogP contribution in [-0.4, -0.2) is 44.7 Å². The first kappa shape index (κ1) is 19.1. The maximum absolute atomic E-state index is 12.2. The number of amides is 3. The summed E-state index contributed by atoms with van der Waals surface area (Å²) in [5.41, 5.74) is 6.74. The van der Waals surface area contributed by atoms with Crippen LogP contribution in [0.5, 0.6) is 5.75 Å². The number of carbonyl (C=O) groups is 2. The fourth-order valence-electron chi connectivity index (χ4n) is 2.26. The fraction of sp³-hybridized carbons (Fsp3) is 0.467. The normalized spacial score (nSPS) is 14.7. The number of urea groups is 1. The molecule has 128 valence electrons. The van der Waals surface area contributed by atoms with Crippen LogP contribution in [0.1, 0.15) is 23.7 Å². The number of halogens is 1. The number of anilines is 1. The molecule has 0 spiro atoms. The summed E-state index contributed by atoms with van der Waals surface area (Å²) in [4.78, 5) is 25.5. The third-order valence-corrected chi connectivity index (χ3v) is 3.47. The molecule has 0 aliphatic carbocycles. The molecule has 1 aliphatic rings. The van der Waals surface area contributed by atoms with Gasteiger partial charge in [-0.1, -0.05) is 0 Å². The van der Waals surface area contributed by atoms with E-state index < -0.39 is 0 Å². The van der Waals surface area contributed by atoms with Crippen LogP contribution in [0.4, 0.5) is 10.5 Å². The van der Waals surface area contributed by atoms with E-state index in [9.17, 15) is 9.59 Å². The Morgan fingerprint density at radius 2 is 2.26 bits per heavy atom. The summed E-state index contributed by atoms with van der Waals surface area (Å²) in [7, 11) is 1.54. The Kier molecular flexibility index (Phi) is 7.12. The lowest BCUT2D eigenvalue weighted by atomic mass is 10.1. The second-order valence-corrected chi connectivity index (χ2v) is 5.29. The Morgan fingerprint density at radius 3 is 2.83 bits per heavy atom. The van der Waals surface area contributed by atoms with E-state index in [1.807, 2.05) is 6.92 Å². The molecule has 4 N–H and O–H groups in total. The Morgan fingerprint density at radius 1 is 1.52 bits per heavy atom. The molecular formula is C15H23ClN4O3. The van der Waals surface area contributed by atoms with Crippen molar-refractivity contribution in [2.45, 2.75) is 19.4 Å². The van der Waals surface area contributed by atoms with E-state index in [2.05, 4.69) is 10.6 Å². The second-order valence-electron chi connectivity index (χ2n) is 5.29. The van der Waals surface area contributed by atoms with E-state index in [0.29, 0.717) is 43.1 Å². The average Bonchev–Trinajstić information content (AvgIpc) is 2.92. The number of carbonyl (C=O) groups excluding carboxylic acids is 2. The number of hydrogen-bond acceptors (Lipinski definition) is 4. The Bertz CT molecular complexity index is 566. The minimum Gasteiger partial charge on any atom is -0.495 e. The molecule has 0 radical (unpaired) electrons. The van der Waals surface area contributed by atoms with Crippen molar-refractivity contribution in [1.29, 1.82) is 0 Å². The van der Waals surface area contributed by atoms with Crippen molar-refractivity contribution < 1.29 is 14.3 Å². The van der Waals surface area contributed by atoms with Crippen LogP contribution in [0, 0.1) is 0 Å². The van der Waals surface area contributed by atoms with Gasteiger partial charge in [0, 0.05) is 31.2 Å². The summed E-state index contributed by atoms with van der Waals surface area (Å²) in [6, 6.07) is 4.90. The number of ether oxygens (including phenoxy) is 1. The summed E-state index contributed by atoms with van der Waals surface area (Å²) >= 11 is 0. The molecule has 8 heteroatoms. The lowest BCUT2D eigenvalue weighted by molar-refractivity contribution is 0.0952. The quantitative estimate of drug-likeness (QED) is 0.721. The van der Waals surface area contributed by atoms with E-state index >= 15 is 0 Å². The highest BCUT2D eigenvalue weighted by atomic mass is 35.5. The monoisotopic (exact) mass is 342 g/mol. The third-order valence-electron chi connectivity index (χ3n) is 3.47. The van der Waals surface area contributed by atoms with Crippen LogP contribution in [0.3, 0.4) is 0 Å². The van der Waals surface area contributed by atoms with E-state index in [4.69, 9.17) is 10.5 Å². The molecule has 1 aliphatic heterocycles. The number of hydrogen-bond donors (Lipinski definition) is 3. The van der Waals surface area contributed by atoms with E-state index in [1.165, 1.54) is 7.11 Å². The van der Waals surface area contributed by atoms with Crippen molar-refractivity contribution in [2.75, 3.05) is 31.6 Å². The van der Waals surface area contributed by atoms with Gasteiger partial charge >= 0.3 is 6.03 Å². The molecule has 1 heterocycles. The molecule has 0 bridgehead atoms. The first-order valence-corrected chi connectivity index (χ1v) is 7.30. The first-order chi connectivity index (χ1) is 10.5. The zero-order valence-corrected chi connectivity index (χ0v) is 14.1. The summed E-state index contributed by atoms with van der Waals surface area (Å²) in [5, 5.41) is 5.55. The second kappa shape index (κ2) is 8.59. The van der Waals surface area contributed by atoms with Gasteiger partial charge in [-0.15, -0.1) is 12.4 Å². The summed E-state index contributed by atoms with van der Waals surface area (Å²) < 4.78 is 5.28. The fourth-order valence-corrected chi connectivity index (χ4v) is 2.26. The average molecular weight is 343 g/mol. The van der Waals surface area contributed by atoms with E-state index in [-0.39, 0.29) is 30.4 Å². The van der Waals surface area contributed by atoms with Crippen LogP contribution in [0.25, 0.3) is 0 Å².